The van der Waals surface area contributed by atoms with Crippen LogP contribution in [-0.2, 0) is 0 Å². The molecule has 2 rings (SSSR count). The maximum absolute atomic E-state index is 6.02. The van der Waals surface area contributed by atoms with Crippen molar-refractivity contribution in [2.24, 2.45) is 4.99 Å². The fourth-order valence-corrected chi connectivity index (χ4v) is 1.76. The first-order chi connectivity index (χ1) is 9.10. The van der Waals surface area contributed by atoms with E-state index in [-0.39, 0.29) is 0 Å². The number of nitrogens with zero attached hydrogens (tertiary/aromatic N) is 1. The molecule has 0 aliphatic heterocycles. The standard InChI is InChI=1S/C14H12BClN2O/c1-19-12-6-9(14(17)13(16)7-12)8-18-11-4-2-10(15)3-5-11/h2-8H,17H2,1H3. The Labute approximate surface area is 118 Å². The zero-order valence-electron chi connectivity index (χ0n) is 10.4. The van der Waals surface area contributed by atoms with Crippen molar-refractivity contribution >= 4 is 42.5 Å². The third-order valence-corrected chi connectivity index (χ3v) is 2.93. The van der Waals surface area contributed by atoms with Crippen molar-refractivity contribution in [3.63, 3.8) is 0 Å². The molecule has 0 aliphatic rings. The van der Waals surface area contributed by atoms with E-state index in [2.05, 4.69) is 4.99 Å². The van der Waals surface area contributed by atoms with Gasteiger partial charge in [-0.3, -0.25) is 4.99 Å². The number of anilines is 1. The summed E-state index contributed by atoms with van der Waals surface area (Å²) in [6, 6.07) is 10.7. The number of methoxy groups -OCH3 is 1. The van der Waals surface area contributed by atoms with E-state index in [0.717, 1.165) is 5.69 Å². The molecule has 0 fully saturated rings. The summed E-state index contributed by atoms with van der Waals surface area (Å²) in [5.41, 5.74) is 8.56. The highest BCUT2D eigenvalue weighted by Gasteiger charge is 2.05. The molecule has 0 saturated heterocycles. The third-order valence-electron chi connectivity index (χ3n) is 2.62. The second-order valence-electron chi connectivity index (χ2n) is 3.96. The predicted octanol–water partition coefficient (Wildman–Crippen LogP) is 2.48. The Hall–Kier alpha value is -1.94. The zero-order chi connectivity index (χ0) is 13.8. The number of ether oxygens (including phenoxy) is 1. The highest BCUT2D eigenvalue weighted by molar-refractivity contribution is 6.34. The van der Waals surface area contributed by atoms with Crippen molar-refractivity contribution in [2.45, 2.75) is 0 Å². The molecule has 0 spiro atoms. The lowest BCUT2D eigenvalue weighted by Crippen LogP contribution is -1.98. The fourth-order valence-electron chi connectivity index (χ4n) is 1.54. The largest absolute Gasteiger partial charge is 0.497 e. The zero-order valence-corrected chi connectivity index (χ0v) is 11.2. The topological polar surface area (TPSA) is 47.6 Å². The number of hydrogen-bond donors (Lipinski definition) is 1. The second-order valence-corrected chi connectivity index (χ2v) is 4.37. The lowest BCUT2D eigenvalue weighted by molar-refractivity contribution is 0.415. The van der Waals surface area contributed by atoms with Crippen LogP contribution >= 0.6 is 11.6 Å². The minimum Gasteiger partial charge on any atom is -0.497 e. The van der Waals surface area contributed by atoms with E-state index in [4.69, 9.17) is 29.9 Å². The van der Waals surface area contributed by atoms with Crippen LogP contribution < -0.4 is 15.9 Å². The minimum absolute atomic E-state index is 0.443. The molecular weight excluding hydrogens is 258 g/mol. The maximum Gasteiger partial charge on any atom is 0.121 e. The van der Waals surface area contributed by atoms with Gasteiger partial charge in [-0.05, 0) is 18.2 Å². The van der Waals surface area contributed by atoms with E-state index in [1.807, 2.05) is 12.1 Å². The molecule has 0 atom stereocenters. The first-order valence-electron chi connectivity index (χ1n) is 5.63. The van der Waals surface area contributed by atoms with Crippen molar-refractivity contribution in [1.29, 1.82) is 0 Å². The van der Waals surface area contributed by atoms with Crippen LogP contribution in [0.2, 0.25) is 5.02 Å². The number of hydrogen-bond acceptors (Lipinski definition) is 3. The Morgan fingerprint density at radius 3 is 2.58 bits per heavy atom. The van der Waals surface area contributed by atoms with E-state index in [1.165, 1.54) is 0 Å². The van der Waals surface area contributed by atoms with Gasteiger partial charge in [0.1, 0.15) is 13.6 Å². The summed E-state index contributed by atoms with van der Waals surface area (Å²) in [5.74, 6) is 0.637. The quantitative estimate of drug-likeness (QED) is 0.529. The van der Waals surface area contributed by atoms with E-state index >= 15 is 0 Å². The summed E-state index contributed by atoms with van der Waals surface area (Å²) in [5, 5.41) is 0.443. The fraction of sp³-hybridized carbons (Fsp3) is 0.0714. The van der Waals surface area contributed by atoms with Gasteiger partial charge in [0.05, 0.1) is 23.5 Å². The Kier molecular flexibility index (Phi) is 4.12. The maximum atomic E-state index is 6.02. The molecule has 3 nitrogen and oxygen atoms in total. The SMILES string of the molecule is [B]c1ccc(N=Cc2cc(OC)cc(Cl)c2N)cc1. The summed E-state index contributed by atoms with van der Waals surface area (Å²) >= 11 is 6.02. The smallest absolute Gasteiger partial charge is 0.121 e. The minimum atomic E-state index is 0.443. The summed E-state index contributed by atoms with van der Waals surface area (Å²) in [6.45, 7) is 0. The van der Waals surface area contributed by atoms with Crippen LogP contribution in [-0.4, -0.2) is 21.2 Å². The molecule has 2 radical (unpaired) electrons. The number of halogens is 1. The third kappa shape index (κ3) is 3.29. The first kappa shape index (κ1) is 13.5. The summed E-state index contributed by atoms with van der Waals surface area (Å²) in [6.07, 6.45) is 1.65. The van der Waals surface area contributed by atoms with Gasteiger partial charge >= 0.3 is 0 Å². The van der Waals surface area contributed by atoms with Gasteiger partial charge in [0.2, 0.25) is 0 Å². The van der Waals surface area contributed by atoms with Crippen molar-refractivity contribution in [1.82, 2.24) is 0 Å². The number of nitrogens with two attached hydrogens (primary N) is 1. The van der Waals surface area contributed by atoms with Crippen molar-refractivity contribution < 1.29 is 4.74 Å². The van der Waals surface area contributed by atoms with Crippen molar-refractivity contribution in [3.8, 4) is 5.75 Å². The molecule has 0 saturated carbocycles. The average Bonchev–Trinajstić information content (AvgIpc) is 2.42. The Morgan fingerprint density at radius 2 is 1.95 bits per heavy atom. The predicted molar refractivity (Wildman–Crippen MR) is 81.5 cm³/mol. The highest BCUT2D eigenvalue weighted by Crippen LogP contribution is 2.28. The van der Waals surface area contributed by atoms with Crippen LogP contribution in [0.1, 0.15) is 5.56 Å². The normalized spacial score (nSPS) is 10.8. The van der Waals surface area contributed by atoms with Crippen LogP contribution in [0.5, 0.6) is 5.75 Å². The molecule has 5 heteroatoms. The average molecular weight is 271 g/mol. The number of aliphatic imine (C=N–C) groups is 1. The van der Waals surface area contributed by atoms with E-state index in [9.17, 15) is 0 Å². The molecule has 0 amide bonds. The van der Waals surface area contributed by atoms with Crippen LogP contribution in [0, 0.1) is 0 Å². The number of nitrogen functional groups attached to an aromatic ring is 1. The van der Waals surface area contributed by atoms with Crippen LogP contribution in [0.3, 0.4) is 0 Å². The van der Waals surface area contributed by atoms with E-state index in [1.54, 1.807) is 37.6 Å². The monoisotopic (exact) mass is 270 g/mol. The molecule has 19 heavy (non-hydrogen) atoms. The van der Waals surface area contributed by atoms with Gasteiger partial charge in [-0.1, -0.05) is 29.2 Å². The molecular formula is C14H12BClN2O. The Balaban J connectivity index is 2.32. The first-order valence-corrected chi connectivity index (χ1v) is 6.00. The molecule has 0 aliphatic carbocycles. The summed E-state index contributed by atoms with van der Waals surface area (Å²) in [4.78, 5) is 4.32. The van der Waals surface area contributed by atoms with Gasteiger partial charge in [0.25, 0.3) is 0 Å². The number of rotatable bonds is 3. The van der Waals surface area contributed by atoms with Crippen molar-refractivity contribution in [2.75, 3.05) is 12.8 Å². The molecule has 2 N–H and O–H groups in total. The molecule has 2 aromatic rings. The van der Waals surface area contributed by atoms with Gasteiger partial charge < -0.3 is 10.5 Å². The molecule has 0 heterocycles. The lowest BCUT2D eigenvalue weighted by Gasteiger charge is -2.06. The van der Waals surface area contributed by atoms with E-state index in [0.29, 0.717) is 27.5 Å². The van der Waals surface area contributed by atoms with Gasteiger partial charge in [0.15, 0.2) is 0 Å². The van der Waals surface area contributed by atoms with Crippen LogP contribution in [0.4, 0.5) is 11.4 Å². The molecule has 94 valence electrons. The highest BCUT2D eigenvalue weighted by atomic mass is 35.5. The second kappa shape index (κ2) is 5.80. The van der Waals surface area contributed by atoms with Gasteiger partial charge in [-0.2, -0.15) is 0 Å². The molecule has 0 aromatic heterocycles. The molecule has 0 bridgehead atoms. The van der Waals surface area contributed by atoms with Crippen LogP contribution in [0.25, 0.3) is 0 Å². The molecule has 2 aromatic carbocycles. The Bertz CT molecular complexity index is 612. The van der Waals surface area contributed by atoms with Crippen molar-refractivity contribution in [3.05, 3.63) is 47.0 Å². The number of benzene rings is 2. The van der Waals surface area contributed by atoms with Gasteiger partial charge in [-0.25, -0.2) is 0 Å². The van der Waals surface area contributed by atoms with Crippen LogP contribution in [0.15, 0.2) is 41.4 Å². The van der Waals surface area contributed by atoms with E-state index < -0.39 is 0 Å². The Morgan fingerprint density at radius 1 is 1.26 bits per heavy atom. The van der Waals surface area contributed by atoms with Gasteiger partial charge in [-0.15, -0.1) is 0 Å². The lowest BCUT2D eigenvalue weighted by atomic mass is 9.96. The summed E-state index contributed by atoms with van der Waals surface area (Å²) in [7, 11) is 7.18. The molecule has 0 unspecified atom stereocenters. The summed E-state index contributed by atoms with van der Waals surface area (Å²) < 4.78 is 5.14. The van der Waals surface area contributed by atoms with Gasteiger partial charge in [0, 0.05) is 17.8 Å².